The molecule has 0 amide bonds. The number of hydrogen-bond acceptors (Lipinski definition) is 5. The van der Waals surface area contributed by atoms with Gasteiger partial charge in [-0.25, -0.2) is 4.79 Å². The van der Waals surface area contributed by atoms with E-state index < -0.39 is 46.8 Å². The quantitative estimate of drug-likeness (QED) is 0.342. The zero-order valence-corrected chi connectivity index (χ0v) is 14.5. The number of Topliss-reactive ketones (excluding diaryl/α,β-unsaturated/α-hetero) is 1. The SMILES string of the molecule is O=C(CC(Br)C(=O)c1cccc(C(F)(F)F)c1)OC(=O)[C@@H]1CCCN1. The first-order valence-electron chi connectivity index (χ1n) is 7.52. The highest BCUT2D eigenvalue weighted by molar-refractivity contribution is 9.10. The highest BCUT2D eigenvalue weighted by atomic mass is 79.9. The molecule has 1 unspecified atom stereocenters. The highest BCUT2D eigenvalue weighted by Gasteiger charge is 2.32. The first kappa shape index (κ1) is 19.6. The average Bonchev–Trinajstić information content (AvgIpc) is 3.07. The Morgan fingerprint density at radius 1 is 1.32 bits per heavy atom. The molecule has 0 radical (unpaired) electrons. The van der Waals surface area contributed by atoms with Crippen molar-refractivity contribution in [2.75, 3.05) is 6.54 Å². The lowest BCUT2D eigenvalue weighted by Crippen LogP contribution is -2.34. The Morgan fingerprint density at radius 2 is 2.04 bits per heavy atom. The fourth-order valence-corrected chi connectivity index (χ4v) is 2.91. The first-order chi connectivity index (χ1) is 11.7. The summed E-state index contributed by atoms with van der Waals surface area (Å²) in [6, 6.07) is 3.36. The van der Waals surface area contributed by atoms with Crippen molar-refractivity contribution in [3.63, 3.8) is 0 Å². The van der Waals surface area contributed by atoms with Crippen molar-refractivity contribution in [3.8, 4) is 0 Å². The van der Waals surface area contributed by atoms with Gasteiger partial charge in [0.05, 0.1) is 16.8 Å². The third-order valence-corrected chi connectivity index (χ3v) is 4.40. The molecule has 1 aliphatic heterocycles. The Bertz CT molecular complexity index is 672. The van der Waals surface area contributed by atoms with E-state index in [9.17, 15) is 27.6 Å². The van der Waals surface area contributed by atoms with Crippen LogP contribution in [0.4, 0.5) is 13.2 Å². The van der Waals surface area contributed by atoms with Crippen molar-refractivity contribution >= 4 is 33.7 Å². The number of carbonyl (C=O) groups is 3. The summed E-state index contributed by atoms with van der Waals surface area (Å²) in [6.07, 6.45) is -3.68. The van der Waals surface area contributed by atoms with E-state index in [2.05, 4.69) is 26.0 Å². The number of esters is 2. The molecule has 1 aromatic carbocycles. The number of benzene rings is 1. The minimum atomic E-state index is -4.57. The predicted molar refractivity (Wildman–Crippen MR) is 85.2 cm³/mol. The topological polar surface area (TPSA) is 72.5 Å². The van der Waals surface area contributed by atoms with Gasteiger partial charge in [0.1, 0.15) is 6.04 Å². The Kier molecular flexibility index (Phi) is 6.34. The molecule has 5 nitrogen and oxygen atoms in total. The monoisotopic (exact) mass is 421 g/mol. The molecule has 1 aliphatic rings. The van der Waals surface area contributed by atoms with Gasteiger partial charge in [0.15, 0.2) is 5.78 Å². The van der Waals surface area contributed by atoms with E-state index in [0.717, 1.165) is 24.6 Å². The van der Waals surface area contributed by atoms with Crippen LogP contribution in [0.2, 0.25) is 0 Å². The van der Waals surface area contributed by atoms with Crippen molar-refractivity contribution in [1.82, 2.24) is 5.32 Å². The third-order valence-electron chi connectivity index (χ3n) is 3.66. The van der Waals surface area contributed by atoms with E-state index in [1.807, 2.05) is 0 Å². The largest absolute Gasteiger partial charge is 0.416 e. The van der Waals surface area contributed by atoms with E-state index in [1.165, 1.54) is 6.07 Å². The molecule has 2 atom stereocenters. The molecule has 0 spiro atoms. The summed E-state index contributed by atoms with van der Waals surface area (Å²) in [7, 11) is 0. The van der Waals surface area contributed by atoms with Crippen LogP contribution in [-0.2, 0) is 20.5 Å². The third kappa shape index (κ3) is 5.37. The molecule has 2 rings (SSSR count). The van der Waals surface area contributed by atoms with Crippen LogP contribution in [0.3, 0.4) is 0 Å². The van der Waals surface area contributed by atoms with E-state index in [-0.39, 0.29) is 5.56 Å². The average molecular weight is 422 g/mol. The van der Waals surface area contributed by atoms with Crippen LogP contribution >= 0.6 is 15.9 Å². The Balaban J connectivity index is 1.95. The van der Waals surface area contributed by atoms with Gasteiger partial charge in [-0.15, -0.1) is 0 Å². The lowest BCUT2D eigenvalue weighted by Gasteiger charge is -2.12. The second kappa shape index (κ2) is 8.09. The van der Waals surface area contributed by atoms with Crippen molar-refractivity contribution in [2.24, 2.45) is 0 Å². The number of ether oxygens (including phenoxy) is 1. The van der Waals surface area contributed by atoms with Crippen LogP contribution in [-0.4, -0.2) is 35.1 Å². The van der Waals surface area contributed by atoms with E-state index in [4.69, 9.17) is 0 Å². The maximum Gasteiger partial charge on any atom is 0.416 e. The van der Waals surface area contributed by atoms with E-state index >= 15 is 0 Å². The maximum absolute atomic E-state index is 12.7. The molecule has 0 aromatic heterocycles. The second-order valence-electron chi connectivity index (χ2n) is 5.56. The van der Waals surface area contributed by atoms with E-state index in [0.29, 0.717) is 13.0 Å². The van der Waals surface area contributed by atoms with Gasteiger partial charge in [-0.05, 0) is 31.5 Å². The number of nitrogens with one attached hydrogen (secondary N) is 1. The van der Waals surface area contributed by atoms with Crippen LogP contribution in [0, 0.1) is 0 Å². The molecule has 1 saturated heterocycles. The van der Waals surface area contributed by atoms with Gasteiger partial charge in [0.2, 0.25) is 0 Å². The Morgan fingerprint density at radius 3 is 2.64 bits per heavy atom. The Labute approximate surface area is 150 Å². The zero-order valence-electron chi connectivity index (χ0n) is 12.9. The van der Waals surface area contributed by atoms with Crippen LogP contribution in [0.15, 0.2) is 24.3 Å². The molecule has 1 aromatic rings. The van der Waals surface area contributed by atoms with E-state index in [1.54, 1.807) is 0 Å². The number of ketones is 1. The second-order valence-corrected chi connectivity index (χ2v) is 6.66. The standard InChI is InChI=1S/C16H15BrF3NO4/c17-11(8-13(22)25-15(24)12-5-2-6-21-12)14(23)9-3-1-4-10(7-9)16(18,19)20/h1,3-4,7,11-12,21H,2,5-6,8H2/t11?,12-/m0/s1. The molecular weight excluding hydrogens is 407 g/mol. The minimum absolute atomic E-state index is 0.187. The maximum atomic E-state index is 12.7. The summed E-state index contributed by atoms with van der Waals surface area (Å²) in [5.41, 5.74) is -1.14. The van der Waals surface area contributed by atoms with Crippen molar-refractivity contribution < 1.29 is 32.3 Å². The van der Waals surface area contributed by atoms with Crippen molar-refractivity contribution in [2.45, 2.75) is 36.3 Å². The highest BCUT2D eigenvalue weighted by Crippen LogP contribution is 2.30. The molecule has 1 N–H and O–H groups in total. The van der Waals surface area contributed by atoms with Crippen LogP contribution in [0.1, 0.15) is 35.2 Å². The van der Waals surface area contributed by atoms with Gasteiger partial charge >= 0.3 is 18.1 Å². The van der Waals surface area contributed by atoms with Gasteiger partial charge in [-0.1, -0.05) is 28.1 Å². The smallest absolute Gasteiger partial charge is 0.392 e. The van der Waals surface area contributed by atoms with Gasteiger partial charge in [-0.3, -0.25) is 9.59 Å². The number of alkyl halides is 4. The number of rotatable bonds is 5. The molecule has 1 heterocycles. The molecular formula is C16H15BrF3NO4. The fraction of sp³-hybridized carbons (Fsp3) is 0.438. The molecule has 0 aliphatic carbocycles. The predicted octanol–water partition coefficient (Wildman–Crippen LogP) is 2.86. The summed E-state index contributed by atoms with van der Waals surface area (Å²) in [6.45, 7) is 0.656. The molecule has 0 saturated carbocycles. The number of carbonyl (C=O) groups excluding carboxylic acids is 3. The fourth-order valence-electron chi connectivity index (χ4n) is 2.38. The summed E-state index contributed by atoms with van der Waals surface area (Å²) in [5, 5.41) is 2.87. The molecule has 1 fully saturated rings. The van der Waals surface area contributed by atoms with Crippen LogP contribution in [0.25, 0.3) is 0 Å². The minimum Gasteiger partial charge on any atom is -0.392 e. The zero-order chi connectivity index (χ0) is 18.6. The summed E-state index contributed by atoms with van der Waals surface area (Å²) >= 11 is 2.97. The Hall–Kier alpha value is -1.74. The summed E-state index contributed by atoms with van der Waals surface area (Å²) in [5.74, 6) is -2.33. The van der Waals surface area contributed by atoms with Gasteiger partial charge < -0.3 is 10.1 Å². The molecule has 25 heavy (non-hydrogen) atoms. The lowest BCUT2D eigenvalue weighted by atomic mass is 10.0. The summed E-state index contributed by atoms with van der Waals surface area (Å²) in [4.78, 5) is 34.5. The number of halogens is 4. The molecule has 136 valence electrons. The van der Waals surface area contributed by atoms with Crippen molar-refractivity contribution in [1.29, 1.82) is 0 Å². The van der Waals surface area contributed by atoms with Gasteiger partial charge in [-0.2, -0.15) is 13.2 Å². The van der Waals surface area contributed by atoms with Crippen LogP contribution in [0.5, 0.6) is 0 Å². The van der Waals surface area contributed by atoms with Gasteiger partial charge in [0, 0.05) is 5.56 Å². The molecule has 9 heteroatoms. The first-order valence-corrected chi connectivity index (χ1v) is 8.43. The normalized spacial score (nSPS) is 18.6. The van der Waals surface area contributed by atoms with Gasteiger partial charge in [0.25, 0.3) is 0 Å². The van der Waals surface area contributed by atoms with Crippen LogP contribution < -0.4 is 5.32 Å². The van der Waals surface area contributed by atoms with Crippen molar-refractivity contribution in [3.05, 3.63) is 35.4 Å². The summed E-state index contributed by atoms with van der Waals surface area (Å²) < 4.78 is 42.7. The molecule has 0 bridgehead atoms. The lowest BCUT2D eigenvalue weighted by molar-refractivity contribution is -0.160. The number of hydrogen-bond donors (Lipinski definition) is 1.